The molecular weight excluding hydrogens is 1810 g/mol. The molecule has 7 fully saturated rings. The van der Waals surface area contributed by atoms with Crippen molar-refractivity contribution in [2.24, 2.45) is 59.2 Å². The first-order chi connectivity index (χ1) is 64.3. The molecule has 0 aromatic heterocycles. The summed E-state index contributed by atoms with van der Waals surface area (Å²) in [5.74, 6) is 2.01. The number of aliphatic carboxylic acids is 1. The third-order valence-corrected chi connectivity index (χ3v) is 31.9. The Morgan fingerprint density at radius 3 is 1.05 bits per heavy atom. The van der Waals surface area contributed by atoms with E-state index in [-0.39, 0.29) is 121 Å². The van der Waals surface area contributed by atoms with Crippen molar-refractivity contribution in [3.05, 3.63) is 216 Å². The molecule has 0 spiro atoms. The first-order valence-electron chi connectivity index (χ1n) is 49.4. The number of fused-ring (bicyclic) bond motifs is 2. The number of carboxylic acids is 1. The Hall–Kier alpha value is -2.90. The van der Waals surface area contributed by atoms with Crippen molar-refractivity contribution < 1.29 is 91.0 Å². The van der Waals surface area contributed by atoms with Crippen LogP contribution in [-0.4, -0.2) is 146 Å². The summed E-state index contributed by atoms with van der Waals surface area (Å²) in [6.45, 7) is 4.40. The molecule has 12 rings (SSSR count). The van der Waals surface area contributed by atoms with Crippen molar-refractivity contribution in [3.8, 4) is 0 Å². The fourth-order valence-corrected chi connectivity index (χ4v) is 23.7. The molecular formula is C105H164O19P8. The number of carbonyl (C=O) groups is 2. The van der Waals surface area contributed by atoms with Crippen molar-refractivity contribution in [2.75, 3.05) is 0 Å². The Morgan fingerprint density at radius 1 is 0.371 bits per heavy atom. The van der Waals surface area contributed by atoms with Gasteiger partial charge in [0.25, 0.3) is 0 Å². The number of hydrogen-bond acceptors (Lipinski definition) is 18. The smallest absolute Gasteiger partial charge is 0.306 e. The summed E-state index contributed by atoms with van der Waals surface area (Å²) in [5, 5.41) is 70.6. The number of rotatable bonds is 54. The van der Waals surface area contributed by atoms with Crippen molar-refractivity contribution >= 4 is 87.7 Å². The topological polar surface area (TPSA) is 268 Å². The standard InChI is InChI=1S/C23H36O5P2.C23H38O3P2.C23H36O3.C18H28O4P2.C18H26O4P2/c24-21-16-22(28-30)20(19(21)10-6-1-2-7-11-23(25)26)15-14-18(27-29)13-12-17-8-4-3-5-9-17;1-2-3-4-5-9-12-20-21(23(26-28)17-22(20)24)16-15-19(25-27)14-13-18-10-7-6-8-11-18;1-2-3-4-5-9-12-20-21(23(26)17-22(20)25)16-15-19(24)14-13-18-10-7-6-8-11-18;2*19-18-10-15-14(17(22-24)11-16(15)20-18)9-8-13(21-23)7-6-12-4-2-1-3-5-12/h1,3-6,8-9,18-22,24H,2,7,10-16,29-30H2,(H,25,26);5-11,19-24H,2-4,12-17,27-28H2,1H3;5-11,19-26H,2-4,12-17H2,1H3;1-5,13-19H,6-11,23-24H2;1-5,13-17H,6-11,23-24H2/b6-1-;2*9-5-;;/t18-,19+,20+,21-,22+;2*19-,20+,21+,22-,23+;13-,14+,15+,16-,17+,18?;13-,14+,15+,16-,17+/m00000/s1. The van der Waals surface area contributed by atoms with Crippen LogP contribution in [0, 0.1) is 59.2 Å². The third-order valence-electron chi connectivity index (χ3n) is 29.0. The molecule has 2 saturated heterocycles. The van der Waals surface area contributed by atoms with Crippen LogP contribution >= 0.6 is 75.7 Å². The number of aryl methyl sites for hydroxylation is 5. The van der Waals surface area contributed by atoms with Crippen LogP contribution in [-0.2, 0) is 87.4 Å². The normalized spacial score (nSPS) is 28.2. The Kier molecular flexibility index (Phi) is 57.8. The molecule has 5 saturated carbocycles. The van der Waals surface area contributed by atoms with Gasteiger partial charge >= 0.3 is 11.9 Å². The average Bonchev–Trinajstić information content (AvgIpc) is 1.64. The second-order valence-corrected chi connectivity index (χ2v) is 39.9. The summed E-state index contributed by atoms with van der Waals surface area (Å²) in [6.07, 6.45) is 47.2. The van der Waals surface area contributed by atoms with E-state index in [1.165, 1.54) is 53.5 Å². The highest BCUT2D eigenvalue weighted by Crippen LogP contribution is 2.50. The number of aliphatic hydroxyl groups excluding tert-OH is 6. The van der Waals surface area contributed by atoms with Gasteiger partial charge in [-0.15, -0.1) is 0 Å². The summed E-state index contributed by atoms with van der Waals surface area (Å²) < 4.78 is 56.0. The minimum atomic E-state index is -0.756. The van der Waals surface area contributed by atoms with E-state index >= 15 is 0 Å². The summed E-state index contributed by atoms with van der Waals surface area (Å²) in [5.41, 5.74) is 6.61. The zero-order chi connectivity index (χ0) is 94.6. The van der Waals surface area contributed by atoms with E-state index in [0.717, 1.165) is 186 Å². The summed E-state index contributed by atoms with van der Waals surface area (Å²) >= 11 is 0. The zero-order valence-electron chi connectivity index (χ0n) is 78.6. The minimum Gasteiger partial charge on any atom is -0.481 e. The van der Waals surface area contributed by atoms with Gasteiger partial charge in [-0.25, -0.2) is 0 Å². The first kappa shape index (κ1) is 114. The van der Waals surface area contributed by atoms with E-state index < -0.39 is 24.5 Å². The lowest BCUT2D eigenvalue weighted by Crippen LogP contribution is -2.24. The maximum Gasteiger partial charge on any atom is 0.306 e. The first-order valence-corrected chi connectivity index (χ1v) is 53.2. The van der Waals surface area contributed by atoms with Crippen LogP contribution in [0.15, 0.2) is 188 Å². The highest BCUT2D eigenvalue weighted by molar-refractivity contribution is 7.11. The fourth-order valence-electron chi connectivity index (χ4n) is 21.3. The molecule has 0 radical (unpaired) electrons. The lowest BCUT2D eigenvalue weighted by molar-refractivity contribution is -0.142. The number of carboxylic acid groups (broad SMARTS) is 1. The van der Waals surface area contributed by atoms with E-state index in [9.17, 15) is 40.2 Å². The predicted octanol–water partition coefficient (Wildman–Crippen LogP) is 22.3. The molecule has 738 valence electrons. The average molecular weight is 1980 g/mol. The molecule has 5 aliphatic carbocycles. The second-order valence-electron chi connectivity index (χ2n) is 37.8. The van der Waals surface area contributed by atoms with Crippen LogP contribution in [0.5, 0.6) is 0 Å². The highest BCUT2D eigenvalue weighted by Gasteiger charge is 2.52. The number of hydrogen-bond donors (Lipinski definition) is 7. The number of esters is 1. The van der Waals surface area contributed by atoms with E-state index in [1.54, 1.807) is 0 Å². The molecule has 34 atom stereocenters. The van der Waals surface area contributed by atoms with E-state index in [0.29, 0.717) is 61.7 Å². The van der Waals surface area contributed by atoms with E-state index in [1.807, 2.05) is 42.5 Å². The summed E-state index contributed by atoms with van der Waals surface area (Å²) in [6, 6.07) is 52.3. The van der Waals surface area contributed by atoms with Gasteiger partial charge in [0.1, 0.15) is 6.10 Å². The molecule has 132 heavy (non-hydrogen) atoms. The second kappa shape index (κ2) is 66.7. The molecule has 2 heterocycles. The Balaban J connectivity index is 0.000000204. The lowest BCUT2D eigenvalue weighted by atomic mass is 9.85. The number of carbonyl (C=O) groups excluding carboxylic acids is 1. The molecule has 0 bridgehead atoms. The molecule has 5 aromatic rings. The molecule has 5 aromatic carbocycles. The quantitative estimate of drug-likeness (QED) is 0.00825. The van der Waals surface area contributed by atoms with Gasteiger partial charge in [0.2, 0.25) is 0 Å². The molecule has 27 heteroatoms. The molecule has 19 nitrogen and oxygen atoms in total. The number of ether oxygens (including phenoxy) is 2. The van der Waals surface area contributed by atoms with Gasteiger partial charge in [0.05, 0.1) is 91.9 Å². The number of benzene rings is 5. The summed E-state index contributed by atoms with van der Waals surface area (Å²) in [7, 11) is 19.2. The molecule has 2 aliphatic heterocycles. The van der Waals surface area contributed by atoms with Crippen molar-refractivity contribution in [2.45, 2.75) is 362 Å². The van der Waals surface area contributed by atoms with Crippen LogP contribution in [0.2, 0.25) is 0 Å². The van der Waals surface area contributed by atoms with Crippen molar-refractivity contribution in [1.82, 2.24) is 0 Å². The van der Waals surface area contributed by atoms with Crippen molar-refractivity contribution in [1.29, 1.82) is 0 Å². The monoisotopic (exact) mass is 1980 g/mol. The largest absolute Gasteiger partial charge is 0.481 e. The third kappa shape index (κ3) is 41.0. The van der Waals surface area contributed by atoms with Gasteiger partial charge in [-0.2, -0.15) is 0 Å². The Labute approximate surface area is 810 Å². The molecule has 7 aliphatic rings. The van der Waals surface area contributed by atoms with Gasteiger partial charge in [-0.3, -0.25) is 9.59 Å². The van der Waals surface area contributed by atoms with Crippen LogP contribution in [0.25, 0.3) is 0 Å². The number of unbranched alkanes of at least 4 members (excludes halogenated alkanes) is 5. The Bertz CT molecular complexity index is 3900. The maximum absolute atomic E-state index is 11.6. The van der Waals surface area contributed by atoms with Crippen LogP contribution in [0.4, 0.5) is 0 Å². The lowest BCUT2D eigenvalue weighted by Gasteiger charge is -2.26. The number of allylic oxidation sites excluding steroid dienone is 6. The predicted molar refractivity (Wildman–Crippen MR) is 556 cm³/mol. The van der Waals surface area contributed by atoms with Gasteiger partial charge in [0, 0.05) is 120 Å². The fraction of sp³-hybridized carbons (Fsp3) is 0.638. The van der Waals surface area contributed by atoms with Crippen LogP contribution in [0.3, 0.4) is 0 Å². The maximum atomic E-state index is 11.6. The van der Waals surface area contributed by atoms with Gasteiger partial charge in [-0.1, -0.05) is 228 Å². The van der Waals surface area contributed by atoms with E-state index in [4.69, 9.17) is 50.8 Å². The van der Waals surface area contributed by atoms with Crippen LogP contribution in [0.1, 0.15) is 260 Å². The van der Waals surface area contributed by atoms with Gasteiger partial charge in [0.15, 0.2) is 6.29 Å². The molecule has 0 amide bonds. The molecule has 9 unspecified atom stereocenters. The minimum absolute atomic E-state index is 0.0368. The Morgan fingerprint density at radius 2 is 0.689 bits per heavy atom. The van der Waals surface area contributed by atoms with E-state index in [2.05, 4.69) is 235 Å². The zero-order valence-corrected chi connectivity index (χ0v) is 87.9. The molecule has 7 N–H and O–H groups in total. The SMILES string of the molecule is CCCC/C=C\C[C@@H]1[C@@H](CC[C@@H](O)CCc2ccccc2)[C@H](O)C[C@@H]1O.CCCC/C=C\C[C@@H]1[C@@H](CC[C@H](CCc2ccccc2)OP)[C@H](OP)C[C@@H]1O.O=C(O)CCC/C=C\C[C@@H]1[C@@H](CC[C@H](CCc2ccccc2)OP)[C@H](OP)C[C@@H]1O.O=C1C[C@@H]2[C@@H](CC[C@H](CCc3ccccc3)OP)[C@H](OP)C[C@@H]2O1.OC1C[C@@H]2[C@@H](CC[C@H](CCc3ccccc3)OP)[C@H](OP)C[C@@H]2O1. The van der Waals surface area contributed by atoms with Crippen molar-refractivity contribution in [3.63, 3.8) is 0 Å². The summed E-state index contributed by atoms with van der Waals surface area (Å²) in [4.78, 5) is 22.1. The van der Waals surface area contributed by atoms with Gasteiger partial charge in [-0.05, 0) is 261 Å². The van der Waals surface area contributed by atoms with Crippen LogP contribution < -0.4 is 0 Å². The van der Waals surface area contributed by atoms with Gasteiger partial charge < -0.3 is 81.4 Å². The number of aliphatic hydroxyl groups is 6. The highest BCUT2D eigenvalue weighted by atomic mass is 31.0.